The predicted octanol–water partition coefficient (Wildman–Crippen LogP) is 1.84. The second-order valence-electron chi connectivity index (χ2n) is 3.94. The first-order chi connectivity index (χ1) is 8.04. The van der Waals surface area contributed by atoms with Crippen molar-refractivity contribution in [1.82, 2.24) is 4.90 Å². The van der Waals surface area contributed by atoms with Crippen molar-refractivity contribution in [1.29, 1.82) is 0 Å². The van der Waals surface area contributed by atoms with E-state index in [1.165, 1.54) is 0 Å². The lowest BCUT2D eigenvalue weighted by Crippen LogP contribution is -2.38. The smallest absolute Gasteiger partial charge is 0.142 e. The summed E-state index contributed by atoms with van der Waals surface area (Å²) in [4.78, 5) is 5.93. The van der Waals surface area contributed by atoms with Gasteiger partial charge >= 0.3 is 0 Å². The molecule has 0 spiro atoms. The fourth-order valence-electron chi connectivity index (χ4n) is 1.08. The predicted molar refractivity (Wildman–Crippen MR) is 73.0 cm³/mol. The van der Waals surface area contributed by atoms with Crippen LogP contribution in [0.15, 0.2) is 22.9 Å². The average Bonchev–Trinajstić information content (AvgIpc) is 2.32. The van der Waals surface area contributed by atoms with Gasteiger partial charge in [0.15, 0.2) is 0 Å². The number of likely N-dealkylation sites (N-methyl/N-ethyl adjacent to an activating group) is 1. The van der Waals surface area contributed by atoms with E-state index in [9.17, 15) is 5.11 Å². The summed E-state index contributed by atoms with van der Waals surface area (Å²) in [5, 5.41) is 10.0. The topological polar surface area (TPSA) is 35.8 Å². The maximum absolute atomic E-state index is 10.0. The molecule has 0 rings (SSSR count). The molecule has 0 aliphatic carbocycles. The Labute approximate surface area is 105 Å². The van der Waals surface area contributed by atoms with Gasteiger partial charge in [0.2, 0.25) is 0 Å². The molecule has 0 fully saturated rings. The summed E-state index contributed by atoms with van der Waals surface area (Å²) in [7, 11) is 1.84. The van der Waals surface area contributed by atoms with E-state index in [1.807, 2.05) is 32.7 Å². The Hall–Kier alpha value is -1.33. The molecular weight excluding hydrogens is 212 g/mol. The number of aliphatic hydroxyl groups is 1. The normalized spacial score (nSPS) is 12.4. The van der Waals surface area contributed by atoms with Gasteiger partial charge in [0.25, 0.3) is 0 Å². The number of rotatable bonds is 5. The van der Waals surface area contributed by atoms with E-state index < -0.39 is 6.23 Å². The molecule has 0 saturated heterocycles. The number of aliphatic hydroxyl groups excluding tert-OH is 1. The van der Waals surface area contributed by atoms with Crippen molar-refractivity contribution in [2.24, 2.45) is 4.99 Å². The van der Waals surface area contributed by atoms with Gasteiger partial charge in [-0.25, -0.2) is 0 Å². The fraction of sp³-hybridized carbons (Fsp3) is 0.571. The van der Waals surface area contributed by atoms with Crippen molar-refractivity contribution in [3.63, 3.8) is 0 Å². The SMILES string of the molecule is C=C=C(C=NCC#CCC)C(O)N(C)C(C)C. The molecule has 3 nitrogen and oxygen atoms in total. The van der Waals surface area contributed by atoms with E-state index in [1.54, 1.807) is 6.21 Å². The molecule has 17 heavy (non-hydrogen) atoms. The molecular formula is C14H22N2O. The highest BCUT2D eigenvalue weighted by Gasteiger charge is 2.16. The molecule has 1 unspecified atom stereocenters. The monoisotopic (exact) mass is 234 g/mol. The summed E-state index contributed by atoms with van der Waals surface area (Å²) in [5.41, 5.74) is 3.27. The van der Waals surface area contributed by atoms with Gasteiger partial charge in [0.1, 0.15) is 6.23 Å². The van der Waals surface area contributed by atoms with Gasteiger partial charge in [0.05, 0.1) is 12.1 Å². The maximum atomic E-state index is 10.0. The van der Waals surface area contributed by atoms with Crippen LogP contribution in [0.4, 0.5) is 0 Å². The Morgan fingerprint density at radius 1 is 1.47 bits per heavy atom. The lowest BCUT2D eigenvalue weighted by atomic mass is 10.2. The average molecular weight is 234 g/mol. The van der Waals surface area contributed by atoms with E-state index >= 15 is 0 Å². The van der Waals surface area contributed by atoms with Crippen molar-refractivity contribution in [2.75, 3.05) is 13.6 Å². The molecule has 94 valence electrons. The second kappa shape index (κ2) is 8.78. The Morgan fingerprint density at radius 2 is 2.12 bits per heavy atom. The van der Waals surface area contributed by atoms with Crippen molar-refractivity contribution < 1.29 is 5.11 Å². The first-order valence-electron chi connectivity index (χ1n) is 5.80. The number of nitrogens with zero attached hydrogens (tertiary/aromatic N) is 2. The zero-order valence-corrected chi connectivity index (χ0v) is 11.2. The van der Waals surface area contributed by atoms with Crippen LogP contribution >= 0.6 is 0 Å². The Balaban J connectivity index is 4.50. The van der Waals surface area contributed by atoms with E-state index in [4.69, 9.17) is 0 Å². The van der Waals surface area contributed by atoms with Crippen LogP contribution in [0, 0.1) is 11.8 Å². The van der Waals surface area contributed by atoms with Crippen LogP contribution in [-0.2, 0) is 0 Å². The molecule has 0 heterocycles. The largest absolute Gasteiger partial charge is 0.373 e. The third-order valence-electron chi connectivity index (χ3n) is 2.39. The molecule has 0 aromatic heterocycles. The second-order valence-corrected chi connectivity index (χ2v) is 3.94. The van der Waals surface area contributed by atoms with Gasteiger partial charge in [-0.3, -0.25) is 9.89 Å². The molecule has 3 heteroatoms. The number of hydrogen-bond acceptors (Lipinski definition) is 3. The molecule has 0 aliphatic heterocycles. The van der Waals surface area contributed by atoms with E-state index in [0.717, 1.165) is 6.42 Å². The summed E-state index contributed by atoms with van der Waals surface area (Å²) >= 11 is 0. The third kappa shape index (κ3) is 6.09. The lowest BCUT2D eigenvalue weighted by Gasteiger charge is -2.26. The number of aliphatic imine (C=N–C) groups is 1. The van der Waals surface area contributed by atoms with E-state index in [-0.39, 0.29) is 6.04 Å². The van der Waals surface area contributed by atoms with Crippen LogP contribution in [0.25, 0.3) is 0 Å². The zero-order chi connectivity index (χ0) is 13.3. The summed E-state index contributed by atoms with van der Waals surface area (Å²) in [6.45, 7) is 10.0. The third-order valence-corrected chi connectivity index (χ3v) is 2.39. The minimum absolute atomic E-state index is 0.238. The molecule has 0 aromatic carbocycles. The summed E-state index contributed by atoms with van der Waals surface area (Å²) < 4.78 is 0. The quantitative estimate of drug-likeness (QED) is 0.341. The number of hydrogen-bond donors (Lipinski definition) is 1. The molecule has 1 atom stereocenters. The Morgan fingerprint density at radius 3 is 2.59 bits per heavy atom. The summed E-state index contributed by atoms with van der Waals surface area (Å²) in [6.07, 6.45) is 1.69. The standard InChI is InChI=1S/C14H22N2O/c1-6-8-9-10-15-11-13(7-2)14(17)16(5)12(3)4/h11-12,14,17H,2,6,10H2,1,3-5H3. The van der Waals surface area contributed by atoms with Crippen LogP contribution in [0.2, 0.25) is 0 Å². The van der Waals surface area contributed by atoms with Crippen molar-refractivity contribution >= 4 is 6.21 Å². The van der Waals surface area contributed by atoms with Gasteiger partial charge < -0.3 is 5.11 Å². The van der Waals surface area contributed by atoms with Crippen molar-refractivity contribution in [3.05, 3.63) is 17.9 Å². The maximum Gasteiger partial charge on any atom is 0.142 e. The van der Waals surface area contributed by atoms with Gasteiger partial charge in [0, 0.05) is 18.7 Å². The van der Waals surface area contributed by atoms with Crippen LogP contribution in [0.3, 0.4) is 0 Å². The molecule has 0 radical (unpaired) electrons. The zero-order valence-electron chi connectivity index (χ0n) is 11.2. The molecule has 0 aromatic rings. The highest BCUT2D eigenvalue weighted by atomic mass is 16.3. The minimum atomic E-state index is -0.726. The Kier molecular flexibility index (Phi) is 8.09. The van der Waals surface area contributed by atoms with Gasteiger partial charge in [-0.1, -0.05) is 19.4 Å². The summed E-state index contributed by atoms with van der Waals surface area (Å²) in [6, 6.07) is 0.238. The highest BCUT2D eigenvalue weighted by Crippen LogP contribution is 2.06. The first kappa shape index (κ1) is 15.7. The van der Waals surface area contributed by atoms with E-state index in [0.29, 0.717) is 12.1 Å². The van der Waals surface area contributed by atoms with Gasteiger partial charge in [-0.05, 0) is 20.9 Å². The fourth-order valence-corrected chi connectivity index (χ4v) is 1.08. The first-order valence-corrected chi connectivity index (χ1v) is 5.80. The van der Waals surface area contributed by atoms with Crippen molar-refractivity contribution in [2.45, 2.75) is 39.5 Å². The summed E-state index contributed by atoms with van der Waals surface area (Å²) in [5.74, 6) is 5.83. The van der Waals surface area contributed by atoms with Crippen LogP contribution in [-0.4, -0.2) is 42.1 Å². The molecule has 0 aliphatic rings. The minimum Gasteiger partial charge on any atom is -0.373 e. The van der Waals surface area contributed by atoms with Crippen LogP contribution in [0.5, 0.6) is 0 Å². The highest BCUT2D eigenvalue weighted by molar-refractivity contribution is 5.79. The molecule has 0 saturated carbocycles. The molecule has 0 bridgehead atoms. The lowest BCUT2D eigenvalue weighted by molar-refractivity contribution is 0.0368. The van der Waals surface area contributed by atoms with E-state index in [2.05, 4.69) is 29.1 Å². The van der Waals surface area contributed by atoms with Gasteiger partial charge in [-0.15, -0.1) is 11.7 Å². The van der Waals surface area contributed by atoms with Crippen LogP contribution in [0.1, 0.15) is 27.2 Å². The molecule has 0 amide bonds. The Bertz CT molecular complexity index is 354. The van der Waals surface area contributed by atoms with Gasteiger partial charge in [-0.2, -0.15) is 0 Å². The molecule has 1 N–H and O–H groups in total. The van der Waals surface area contributed by atoms with Crippen LogP contribution < -0.4 is 0 Å². The van der Waals surface area contributed by atoms with Crippen molar-refractivity contribution in [3.8, 4) is 11.8 Å².